The molecule has 0 spiro atoms. The molecular weight excluding hydrogens is 355 g/mol. The summed E-state index contributed by atoms with van der Waals surface area (Å²) in [6.07, 6.45) is -3.91. The molecule has 2 aliphatic rings. The SMILES string of the molecule is COC(=O)[C@@]1(O)C[C@@H](c2ccc(C(F)(F)F)cc2)C2=C(O1)/C(=N\O)CC2. The number of esters is 1. The van der Waals surface area contributed by atoms with E-state index in [1.807, 2.05) is 0 Å². The Morgan fingerprint density at radius 3 is 2.50 bits per heavy atom. The summed E-state index contributed by atoms with van der Waals surface area (Å²) in [5.41, 5.74) is 0.509. The second-order valence-electron chi connectivity index (χ2n) is 6.16. The van der Waals surface area contributed by atoms with E-state index in [9.17, 15) is 23.1 Å². The summed E-state index contributed by atoms with van der Waals surface area (Å²) in [7, 11) is 1.08. The molecule has 0 radical (unpaired) electrons. The van der Waals surface area contributed by atoms with Crippen LogP contribution >= 0.6 is 0 Å². The lowest BCUT2D eigenvalue weighted by molar-refractivity contribution is -0.218. The van der Waals surface area contributed by atoms with E-state index < -0.39 is 29.4 Å². The third kappa shape index (κ3) is 3.03. The quantitative estimate of drug-likeness (QED) is 0.474. The zero-order valence-electron chi connectivity index (χ0n) is 13.7. The molecule has 2 N–H and O–H groups in total. The van der Waals surface area contributed by atoms with E-state index >= 15 is 0 Å². The van der Waals surface area contributed by atoms with Crippen LogP contribution in [0.5, 0.6) is 0 Å². The van der Waals surface area contributed by atoms with Gasteiger partial charge >= 0.3 is 17.9 Å². The largest absolute Gasteiger partial charge is 0.464 e. The van der Waals surface area contributed by atoms with Gasteiger partial charge in [0.2, 0.25) is 0 Å². The molecule has 9 heteroatoms. The molecule has 0 saturated carbocycles. The molecule has 140 valence electrons. The molecular formula is C17H16F3NO5. The summed E-state index contributed by atoms with van der Waals surface area (Å²) in [5.74, 6) is -3.85. The van der Waals surface area contributed by atoms with Crippen LogP contribution in [0.1, 0.15) is 36.3 Å². The van der Waals surface area contributed by atoms with Crippen molar-refractivity contribution in [2.24, 2.45) is 5.16 Å². The molecule has 6 nitrogen and oxygen atoms in total. The Hall–Kier alpha value is -2.55. The van der Waals surface area contributed by atoms with Crippen molar-refractivity contribution < 1.29 is 37.8 Å². The molecule has 1 aliphatic carbocycles. The number of aliphatic hydroxyl groups is 1. The second kappa shape index (κ2) is 6.31. The summed E-state index contributed by atoms with van der Waals surface area (Å²) in [4.78, 5) is 12.0. The molecule has 26 heavy (non-hydrogen) atoms. The van der Waals surface area contributed by atoms with Crippen molar-refractivity contribution in [2.75, 3.05) is 7.11 Å². The summed E-state index contributed by atoms with van der Waals surface area (Å²) in [5, 5.41) is 22.8. The summed E-state index contributed by atoms with van der Waals surface area (Å²) in [6, 6.07) is 4.49. The molecule has 0 saturated heterocycles. The number of allylic oxidation sites excluding steroid dienone is 2. The van der Waals surface area contributed by atoms with Crippen molar-refractivity contribution in [3.05, 3.63) is 46.7 Å². The molecule has 0 bridgehead atoms. The number of carbonyl (C=O) groups excluding carboxylic acids is 1. The van der Waals surface area contributed by atoms with Crippen LogP contribution in [-0.4, -0.2) is 34.9 Å². The minimum absolute atomic E-state index is 0.0801. The van der Waals surface area contributed by atoms with Crippen molar-refractivity contribution in [1.29, 1.82) is 0 Å². The van der Waals surface area contributed by atoms with Gasteiger partial charge in [-0.15, -0.1) is 0 Å². The first-order valence-corrected chi connectivity index (χ1v) is 7.81. The lowest BCUT2D eigenvalue weighted by Crippen LogP contribution is -2.46. The zero-order chi connectivity index (χ0) is 19.1. The van der Waals surface area contributed by atoms with E-state index in [1.165, 1.54) is 12.1 Å². The van der Waals surface area contributed by atoms with Gasteiger partial charge in [-0.3, -0.25) is 0 Å². The molecule has 1 aliphatic heterocycles. The second-order valence-corrected chi connectivity index (χ2v) is 6.16. The van der Waals surface area contributed by atoms with Crippen molar-refractivity contribution in [2.45, 2.75) is 37.1 Å². The van der Waals surface area contributed by atoms with E-state index in [0.717, 1.165) is 19.2 Å². The number of benzene rings is 1. The molecule has 1 aromatic carbocycles. The van der Waals surface area contributed by atoms with Gasteiger partial charge in [-0.1, -0.05) is 17.3 Å². The number of alkyl halides is 3. The average Bonchev–Trinajstić information content (AvgIpc) is 3.02. The molecule has 1 heterocycles. The van der Waals surface area contributed by atoms with Crippen molar-refractivity contribution in [1.82, 2.24) is 0 Å². The van der Waals surface area contributed by atoms with E-state index in [4.69, 9.17) is 9.94 Å². The molecule has 0 unspecified atom stereocenters. The first kappa shape index (κ1) is 18.2. The Balaban J connectivity index is 2.04. The number of nitrogens with zero attached hydrogens (tertiary/aromatic N) is 1. The number of hydrogen-bond donors (Lipinski definition) is 2. The molecule has 0 aromatic heterocycles. The summed E-state index contributed by atoms with van der Waals surface area (Å²) >= 11 is 0. The van der Waals surface area contributed by atoms with Gasteiger partial charge in [-0.05, 0) is 29.7 Å². The fraction of sp³-hybridized carbons (Fsp3) is 0.412. The Bertz CT molecular complexity index is 785. The smallest absolute Gasteiger partial charge is 0.416 e. The fourth-order valence-electron chi connectivity index (χ4n) is 3.34. The van der Waals surface area contributed by atoms with Gasteiger partial charge in [0.25, 0.3) is 0 Å². The van der Waals surface area contributed by atoms with E-state index in [-0.39, 0.29) is 17.9 Å². The Labute approximate surface area is 146 Å². The average molecular weight is 371 g/mol. The topological polar surface area (TPSA) is 88.4 Å². The van der Waals surface area contributed by atoms with Crippen molar-refractivity contribution >= 4 is 11.7 Å². The van der Waals surface area contributed by atoms with Crippen LogP contribution in [-0.2, 0) is 20.4 Å². The summed E-state index contributed by atoms with van der Waals surface area (Å²) < 4.78 is 48.3. The molecule has 0 amide bonds. The van der Waals surface area contributed by atoms with E-state index in [1.54, 1.807) is 0 Å². The highest BCUT2D eigenvalue weighted by molar-refractivity contribution is 6.02. The number of halogens is 3. The van der Waals surface area contributed by atoms with Crippen LogP contribution in [0.3, 0.4) is 0 Å². The van der Waals surface area contributed by atoms with E-state index in [2.05, 4.69) is 9.89 Å². The molecule has 2 atom stereocenters. The van der Waals surface area contributed by atoms with Gasteiger partial charge in [0, 0.05) is 18.8 Å². The fourth-order valence-corrected chi connectivity index (χ4v) is 3.34. The Kier molecular flexibility index (Phi) is 4.43. The number of rotatable bonds is 2. The van der Waals surface area contributed by atoms with Crippen LogP contribution in [0.15, 0.2) is 40.8 Å². The maximum atomic E-state index is 12.8. The number of methoxy groups -OCH3 is 1. The zero-order valence-corrected chi connectivity index (χ0v) is 13.7. The highest BCUT2D eigenvalue weighted by atomic mass is 19.4. The number of hydrogen-bond acceptors (Lipinski definition) is 6. The number of ether oxygens (including phenoxy) is 2. The van der Waals surface area contributed by atoms with Gasteiger partial charge in [-0.2, -0.15) is 13.2 Å². The minimum atomic E-state index is -4.46. The summed E-state index contributed by atoms with van der Waals surface area (Å²) in [6.45, 7) is 0. The lowest BCUT2D eigenvalue weighted by atomic mass is 9.82. The van der Waals surface area contributed by atoms with Gasteiger partial charge in [0.15, 0.2) is 0 Å². The molecule has 0 fully saturated rings. The normalized spacial score (nSPS) is 27.3. The van der Waals surface area contributed by atoms with Crippen molar-refractivity contribution in [3.63, 3.8) is 0 Å². The van der Waals surface area contributed by atoms with Gasteiger partial charge < -0.3 is 19.8 Å². The predicted octanol–water partition coefficient (Wildman–Crippen LogP) is 2.95. The van der Waals surface area contributed by atoms with Gasteiger partial charge in [0.1, 0.15) is 11.5 Å². The Morgan fingerprint density at radius 2 is 1.96 bits per heavy atom. The van der Waals surface area contributed by atoms with Gasteiger partial charge in [0.05, 0.1) is 12.7 Å². The van der Waals surface area contributed by atoms with Crippen LogP contribution in [0.2, 0.25) is 0 Å². The third-order valence-corrected chi connectivity index (χ3v) is 4.62. The predicted molar refractivity (Wildman–Crippen MR) is 82.3 cm³/mol. The van der Waals surface area contributed by atoms with Crippen LogP contribution in [0.4, 0.5) is 13.2 Å². The first-order chi connectivity index (χ1) is 12.2. The Morgan fingerprint density at radius 1 is 1.31 bits per heavy atom. The highest BCUT2D eigenvalue weighted by Crippen LogP contribution is 2.47. The number of oxime groups is 1. The standard InChI is InChI=1S/C17H16F3NO5/c1-25-15(22)16(23)8-12(11-6-7-13(21-24)14(11)26-16)9-2-4-10(5-3-9)17(18,19)20/h2-5,12,23-24H,6-8H2,1H3/b21-13-/t12-,16+/m0/s1. The number of carbonyl (C=O) groups is 1. The highest BCUT2D eigenvalue weighted by Gasteiger charge is 2.50. The lowest BCUT2D eigenvalue weighted by Gasteiger charge is -2.36. The first-order valence-electron chi connectivity index (χ1n) is 7.81. The monoisotopic (exact) mass is 371 g/mol. The van der Waals surface area contributed by atoms with Crippen LogP contribution < -0.4 is 0 Å². The maximum absolute atomic E-state index is 12.8. The van der Waals surface area contributed by atoms with E-state index in [0.29, 0.717) is 24.0 Å². The molecule has 1 aromatic rings. The molecule has 3 rings (SSSR count). The third-order valence-electron chi connectivity index (χ3n) is 4.62. The van der Waals surface area contributed by atoms with Crippen LogP contribution in [0.25, 0.3) is 0 Å². The van der Waals surface area contributed by atoms with Crippen molar-refractivity contribution in [3.8, 4) is 0 Å². The van der Waals surface area contributed by atoms with Gasteiger partial charge in [-0.25, -0.2) is 4.79 Å². The van der Waals surface area contributed by atoms with Crippen LogP contribution in [0, 0.1) is 0 Å². The maximum Gasteiger partial charge on any atom is 0.416 e. The minimum Gasteiger partial charge on any atom is -0.464 e.